The predicted molar refractivity (Wildman–Crippen MR) is 61.5 cm³/mol. The monoisotopic (exact) mass is 201 g/mol. The van der Waals surface area contributed by atoms with Gasteiger partial charge in [-0.3, -0.25) is 0 Å². The van der Waals surface area contributed by atoms with Crippen LogP contribution in [-0.4, -0.2) is 16.5 Å². The first-order valence-electron chi connectivity index (χ1n) is 5.10. The minimum absolute atomic E-state index is 0.694. The standard InChI is InChI=1S/C12H15N3/c1-9-8-14-12(15-9)11-4-2-10(3-5-11)6-7-13/h2-5,8H,6-7,13H2,1H3,(H,14,15). The smallest absolute Gasteiger partial charge is 0.137 e. The zero-order chi connectivity index (χ0) is 10.7. The summed E-state index contributed by atoms with van der Waals surface area (Å²) in [6.45, 7) is 2.69. The zero-order valence-electron chi connectivity index (χ0n) is 8.83. The van der Waals surface area contributed by atoms with Gasteiger partial charge in [-0.15, -0.1) is 0 Å². The van der Waals surface area contributed by atoms with Crippen molar-refractivity contribution in [3.63, 3.8) is 0 Å². The molecule has 0 aliphatic heterocycles. The molecule has 1 aromatic heterocycles. The van der Waals surface area contributed by atoms with E-state index in [-0.39, 0.29) is 0 Å². The lowest BCUT2D eigenvalue weighted by atomic mass is 10.1. The van der Waals surface area contributed by atoms with Crippen LogP contribution in [0.3, 0.4) is 0 Å². The Kier molecular flexibility index (Phi) is 2.83. The molecule has 0 unspecified atom stereocenters. The molecule has 0 radical (unpaired) electrons. The summed E-state index contributed by atoms with van der Waals surface area (Å²) in [6, 6.07) is 8.34. The number of nitrogens with zero attached hydrogens (tertiary/aromatic N) is 1. The van der Waals surface area contributed by atoms with Gasteiger partial charge < -0.3 is 10.7 Å². The van der Waals surface area contributed by atoms with E-state index >= 15 is 0 Å². The van der Waals surface area contributed by atoms with Crippen molar-refractivity contribution < 1.29 is 0 Å². The quantitative estimate of drug-likeness (QED) is 0.796. The van der Waals surface area contributed by atoms with Gasteiger partial charge in [0.05, 0.1) is 0 Å². The van der Waals surface area contributed by atoms with E-state index in [9.17, 15) is 0 Å². The molecule has 0 saturated carbocycles. The molecule has 0 aliphatic carbocycles. The Morgan fingerprint density at radius 3 is 2.53 bits per heavy atom. The fourth-order valence-corrected chi connectivity index (χ4v) is 1.56. The van der Waals surface area contributed by atoms with Crippen molar-refractivity contribution in [1.82, 2.24) is 9.97 Å². The number of aromatic nitrogens is 2. The van der Waals surface area contributed by atoms with Gasteiger partial charge in [0.15, 0.2) is 0 Å². The Hall–Kier alpha value is -1.61. The molecule has 0 spiro atoms. The van der Waals surface area contributed by atoms with E-state index < -0.39 is 0 Å². The van der Waals surface area contributed by atoms with E-state index in [1.54, 1.807) is 0 Å². The van der Waals surface area contributed by atoms with Gasteiger partial charge in [0.1, 0.15) is 5.82 Å². The topological polar surface area (TPSA) is 54.7 Å². The van der Waals surface area contributed by atoms with Gasteiger partial charge in [-0.1, -0.05) is 24.3 Å². The summed E-state index contributed by atoms with van der Waals surface area (Å²) in [6.07, 6.45) is 2.76. The summed E-state index contributed by atoms with van der Waals surface area (Å²) in [7, 11) is 0. The van der Waals surface area contributed by atoms with Gasteiger partial charge in [-0.25, -0.2) is 4.98 Å². The fourth-order valence-electron chi connectivity index (χ4n) is 1.56. The number of aryl methyl sites for hydroxylation is 1. The molecule has 0 atom stereocenters. The average molecular weight is 201 g/mol. The van der Waals surface area contributed by atoms with Crippen LogP contribution in [0.15, 0.2) is 30.5 Å². The number of nitrogens with one attached hydrogen (secondary N) is 1. The maximum absolute atomic E-state index is 5.49. The van der Waals surface area contributed by atoms with Crippen LogP contribution < -0.4 is 5.73 Å². The lowest BCUT2D eigenvalue weighted by molar-refractivity contribution is 0.969. The molecule has 1 aromatic carbocycles. The second-order valence-corrected chi connectivity index (χ2v) is 3.65. The Morgan fingerprint density at radius 1 is 1.27 bits per heavy atom. The number of imidazole rings is 1. The molecule has 3 nitrogen and oxygen atoms in total. The van der Waals surface area contributed by atoms with Crippen LogP contribution in [0.5, 0.6) is 0 Å². The Balaban J connectivity index is 2.23. The summed E-state index contributed by atoms with van der Waals surface area (Å²) in [5.74, 6) is 0.923. The van der Waals surface area contributed by atoms with E-state index in [2.05, 4.69) is 34.2 Å². The Morgan fingerprint density at radius 2 is 2.00 bits per heavy atom. The first-order valence-corrected chi connectivity index (χ1v) is 5.10. The summed E-state index contributed by atoms with van der Waals surface area (Å²) in [4.78, 5) is 7.49. The highest BCUT2D eigenvalue weighted by molar-refractivity contribution is 5.55. The number of rotatable bonds is 3. The van der Waals surface area contributed by atoms with Gasteiger partial charge in [0.25, 0.3) is 0 Å². The van der Waals surface area contributed by atoms with E-state index in [0.29, 0.717) is 6.54 Å². The zero-order valence-corrected chi connectivity index (χ0v) is 8.83. The highest BCUT2D eigenvalue weighted by Gasteiger charge is 2.00. The first-order chi connectivity index (χ1) is 7.29. The van der Waals surface area contributed by atoms with E-state index in [0.717, 1.165) is 23.5 Å². The molecule has 3 heteroatoms. The highest BCUT2D eigenvalue weighted by atomic mass is 14.9. The molecule has 78 valence electrons. The molecule has 3 N–H and O–H groups in total. The van der Waals surface area contributed by atoms with Crippen molar-refractivity contribution in [3.05, 3.63) is 41.7 Å². The molecule has 0 saturated heterocycles. The second-order valence-electron chi connectivity index (χ2n) is 3.65. The molecule has 0 fully saturated rings. The SMILES string of the molecule is Cc1cnc(-c2ccc(CCN)cc2)[nH]1. The highest BCUT2D eigenvalue weighted by Crippen LogP contribution is 2.16. The van der Waals surface area contributed by atoms with Crippen LogP contribution in [0, 0.1) is 6.92 Å². The largest absolute Gasteiger partial charge is 0.342 e. The maximum atomic E-state index is 5.49. The minimum atomic E-state index is 0.694. The van der Waals surface area contributed by atoms with Crippen molar-refractivity contribution in [2.24, 2.45) is 5.73 Å². The third kappa shape index (κ3) is 2.25. The van der Waals surface area contributed by atoms with Crippen molar-refractivity contribution in [1.29, 1.82) is 0 Å². The normalized spacial score (nSPS) is 10.5. The third-order valence-electron chi connectivity index (χ3n) is 2.36. The van der Waals surface area contributed by atoms with Crippen LogP contribution in [0.25, 0.3) is 11.4 Å². The first kappa shape index (κ1) is 9.93. The van der Waals surface area contributed by atoms with Crippen LogP contribution in [-0.2, 0) is 6.42 Å². The number of nitrogens with two attached hydrogens (primary N) is 1. The minimum Gasteiger partial charge on any atom is -0.342 e. The number of aromatic amines is 1. The van der Waals surface area contributed by atoms with Gasteiger partial charge in [-0.05, 0) is 25.5 Å². The van der Waals surface area contributed by atoms with Crippen molar-refractivity contribution in [2.45, 2.75) is 13.3 Å². The van der Waals surface area contributed by atoms with Crippen LogP contribution >= 0.6 is 0 Å². The van der Waals surface area contributed by atoms with Gasteiger partial charge in [0, 0.05) is 17.5 Å². The number of H-pyrrole nitrogens is 1. The van der Waals surface area contributed by atoms with Gasteiger partial charge in [-0.2, -0.15) is 0 Å². The predicted octanol–water partition coefficient (Wildman–Crippen LogP) is 1.89. The van der Waals surface area contributed by atoms with Gasteiger partial charge >= 0.3 is 0 Å². The van der Waals surface area contributed by atoms with Crippen LogP contribution in [0.4, 0.5) is 0 Å². The van der Waals surface area contributed by atoms with Crippen molar-refractivity contribution in [2.75, 3.05) is 6.54 Å². The fraction of sp³-hybridized carbons (Fsp3) is 0.250. The summed E-state index contributed by atoms with van der Waals surface area (Å²) in [5.41, 5.74) is 8.96. The summed E-state index contributed by atoms with van der Waals surface area (Å²) < 4.78 is 0. The maximum Gasteiger partial charge on any atom is 0.137 e. The van der Waals surface area contributed by atoms with Crippen molar-refractivity contribution in [3.8, 4) is 11.4 Å². The van der Waals surface area contributed by atoms with Crippen LogP contribution in [0.1, 0.15) is 11.3 Å². The Labute approximate surface area is 89.4 Å². The van der Waals surface area contributed by atoms with E-state index in [1.165, 1.54) is 5.56 Å². The molecule has 0 bridgehead atoms. The number of benzene rings is 1. The number of hydrogen-bond donors (Lipinski definition) is 2. The molecule has 1 heterocycles. The average Bonchev–Trinajstić information content (AvgIpc) is 2.67. The Bertz CT molecular complexity index is 428. The van der Waals surface area contributed by atoms with E-state index in [1.807, 2.05) is 13.1 Å². The van der Waals surface area contributed by atoms with Crippen molar-refractivity contribution >= 4 is 0 Å². The molecule has 15 heavy (non-hydrogen) atoms. The lowest BCUT2D eigenvalue weighted by Gasteiger charge is -2.00. The molecule has 2 rings (SSSR count). The molecule has 0 aliphatic rings. The van der Waals surface area contributed by atoms with Crippen LogP contribution in [0.2, 0.25) is 0 Å². The number of hydrogen-bond acceptors (Lipinski definition) is 2. The third-order valence-corrected chi connectivity index (χ3v) is 2.36. The van der Waals surface area contributed by atoms with E-state index in [4.69, 9.17) is 5.73 Å². The van der Waals surface area contributed by atoms with Gasteiger partial charge in [0.2, 0.25) is 0 Å². The molecular weight excluding hydrogens is 186 g/mol. The molecular formula is C12H15N3. The summed E-state index contributed by atoms with van der Waals surface area (Å²) in [5, 5.41) is 0. The molecule has 0 amide bonds. The lowest BCUT2D eigenvalue weighted by Crippen LogP contribution is -2.02. The summed E-state index contributed by atoms with van der Waals surface area (Å²) >= 11 is 0. The second kappa shape index (κ2) is 4.28. The molecule has 2 aromatic rings.